The van der Waals surface area contributed by atoms with Crippen LogP contribution in [0.3, 0.4) is 0 Å². The molecule has 5 rings (SSSR count). The lowest BCUT2D eigenvalue weighted by atomic mass is 10.2. The van der Waals surface area contributed by atoms with Crippen molar-refractivity contribution in [2.75, 3.05) is 10.0 Å². The van der Waals surface area contributed by atoms with E-state index in [0.717, 1.165) is 11.7 Å². The molecule has 0 aliphatic heterocycles. The second-order valence-corrected chi connectivity index (χ2v) is 9.54. The number of aromatic nitrogens is 4. The van der Waals surface area contributed by atoms with E-state index in [1.807, 2.05) is 0 Å². The Hall–Kier alpha value is -3.94. The number of rotatable bonds is 6. The third kappa shape index (κ3) is 4.07. The molecule has 11 nitrogen and oxygen atoms in total. The SMILES string of the molecule is O=[N+]([O-])c1cc(Nc2nc3ccccc3nc2NS(=O)(=O)c2cccc3nsnc23)ccc1Cl. The van der Waals surface area contributed by atoms with Crippen molar-refractivity contribution in [1.29, 1.82) is 0 Å². The topological polar surface area (TPSA) is 153 Å². The molecule has 0 saturated heterocycles. The Kier molecular flexibility index (Phi) is 5.43. The van der Waals surface area contributed by atoms with E-state index in [1.54, 1.807) is 36.4 Å². The highest BCUT2D eigenvalue weighted by atomic mass is 35.5. The molecule has 0 spiro atoms. The molecule has 0 aliphatic carbocycles. The zero-order valence-electron chi connectivity index (χ0n) is 16.8. The highest BCUT2D eigenvalue weighted by Crippen LogP contribution is 2.32. The van der Waals surface area contributed by atoms with Gasteiger partial charge in [0.05, 0.1) is 27.7 Å². The summed E-state index contributed by atoms with van der Waals surface area (Å²) in [5, 5.41) is 14.1. The normalized spacial score (nSPS) is 11.6. The summed E-state index contributed by atoms with van der Waals surface area (Å²) in [6.07, 6.45) is 0. The molecule has 0 unspecified atom stereocenters. The zero-order chi connectivity index (χ0) is 23.9. The summed E-state index contributed by atoms with van der Waals surface area (Å²) in [5.41, 5.74) is 1.57. The minimum atomic E-state index is -4.14. The van der Waals surface area contributed by atoms with Gasteiger partial charge in [-0.1, -0.05) is 29.8 Å². The number of nitrogens with zero attached hydrogens (tertiary/aromatic N) is 5. The molecular weight excluding hydrogens is 502 g/mol. The van der Waals surface area contributed by atoms with Crippen molar-refractivity contribution in [2.24, 2.45) is 0 Å². The average Bonchev–Trinajstić information content (AvgIpc) is 3.29. The van der Waals surface area contributed by atoms with Crippen molar-refractivity contribution in [3.05, 3.63) is 75.8 Å². The molecule has 0 fully saturated rings. The third-order valence-electron chi connectivity index (χ3n) is 4.75. The van der Waals surface area contributed by atoms with Gasteiger partial charge in [-0.15, -0.1) is 0 Å². The molecule has 0 atom stereocenters. The minimum absolute atomic E-state index is 0.0361. The lowest BCUT2D eigenvalue weighted by molar-refractivity contribution is -0.384. The zero-order valence-corrected chi connectivity index (χ0v) is 19.2. The van der Waals surface area contributed by atoms with Gasteiger partial charge < -0.3 is 5.32 Å². The number of benzene rings is 3. The number of nitrogens with one attached hydrogen (secondary N) is 2. The van der Waals surface area contributed by atoms with E-state index in [2.05, 4.69) is 28.8 Å². The number of para-hydroxylation sites is 2. The molecule has 34 heavy (non-hydrogen) atoms. The minimum Gasteiger partial charge on any atom is -0.337 e. The Labute approximate surface area is 201 Å². The Bertz CT molecular complexity index is 1690. The van der Waals surface area contributed by atoms with Crippen molar-refractivity contribution in [3.8, 4) is 0 Å². The molecule has 5 aromatic rings. The first kappa shape index (κ1) is 21.9. The van der Waals surface area contributed by atoms with Crippen molar-refractivity contribution in [1.82, 2.24) is 18.7 Å². The number of sulfonamides is 1. The van der Waals surface area contributed by atoms with E-state index in [-0.39, 0.29) is 38.4 Å². The van der Waals surface area contributed by atoms with Crippen LogP contribution in [-0.2, 0) is 10.0 Å². The van der Waals surface area contributed by atoms with Gasteiger partial charge in [0.25, 0.3) is 15.7 Å². The first-order chi connectivity index (χ1) is 16.3. The van der Waals surface area contributed by atoms with Gasteiger partial charge in [-0.25, -0.2) is 18.4 Å². The molecule has 0 amide bonds. The van der Waals surface area contributed by atoms with Gasteiger partial charge >= 0.3 is 0 Å². The van der Waals surface area contributed by atoms with Crippen molar-refractivity contribution in [2.45, 2.75) is 4.90 Å². The summed E-state index contributed by atoms with van der Waals surface area (Å²) < 4.78 is 37.2. The lowest BCUT2D eigenvalue weighted by Crippen LogP contribution is -2.16. The molecule has 170 valence electrons. The Balaban J connectivity index is 1.61. The maximum absolute atomic E-state index is 13.3. The first-order valence-electron chi connectivity index (χ1n) is 9.54. The van der Waals surface area contributed by atoms with E-state index in [9.17, 15) is 18.5 Å². The summed E-state index contributed by atoms with van der Waals surface area (Å²) in [6, 6.07) is 15.6. The largest absolute Gasteiger partial charge is 0.337 e. The maximum atomic E-state index is 13.3. The van der Waals surface area contributed by atoms with Crippen molar-refractivity contribution < 1.29 is 13.3 Å². The Morgan fingerprint density at radius 3 is 2.35 bits per heavy atom. The van der Waals surface area contributed by atoms with Crippen LogP contribution in [0, 0.1) is 10.1 Å². The second kappa shape index (κ2) is 8.44. The van der Waals surface area contributed by atoms with E-state index in [1.165, 1.54) is 24.3 Å². The van der Waals surface area contributed by atoms with Crippen LogP contribution in [0.15, 0.2) is 65.6 Å². The van der Waals surface area contributed by atoms with Crippen LogP contribution in [-0.4, -0.2) is 32.1 Å². The fourth-order valence-electron chi connectivity index (χ4n) is 3.21. The second-order valence-electron chi connectivity index (χ2n) is 6.95. The third-order valence-corrected chi connectivity index (χ3v) is 6.98. The van der Waals surface area contributed by atoms with E-state index in [4.69, 9.17) is 11.6 Å². The monoisotopic (exact) mass is 513 g/mol. The van der Waals surface area contributed by atoms with Crippen LogP contribution in [0.25, 0.3) is 22.1 Å². The summed E-state index contributed by atoms with van der Waals surface area (Å²) >= 11 is 6.80. The molecular formula is C20H12ClN7O4S2. The first-order valence-corrected chi connectivity index (χ1v) is 12.1. The summed E-state index contributed by atoms with van der Waals surface area (Å²) in [7, 11) is -4.14. The van der Waals surface area contributed by atoms with Gasteiger partial charge in [-0.05, 0) is 36.4 Å². The molecule has 0 bridgehead atoms. The van der Waals surface area contributed by atoms with Gasteiger partial charge in [-0.3, -0.25) is 14.8 Å². The van der Waals surface area contributed by atoms with Gasteiger partial charge in [0.2, 0.25) is 0 Å². The summed E-state index contributed by atoms with van der Waals surface area (Å²) in [6.45, 7) is 0. The molecule has 2 aromatic heterocycles. The number of hydrogen-bond donors (Lipinski definition) is 2. The number of anilines is 3. The fraction of sp³-hybridized carbons (Fsp3) is 0. The van der Waals surface area contributed by atoms with Crippen LogP contribution in [0.2, 0.25) is 5.02 Å². The molecule has 3 aromatic carbocycles. The number of fused-ring (bicyclic) bond motifs is 2. The van der Waals surface area contributed by atoms with Crippen LogP contribution in [0.4, 0.5) is 23.0 Å². The lowest BCUT2D eigenvalue weighted by Gasteiger charge is -2.14. The molecule has 2 heterocycles. The maximum Gasteiger partial charge on any atom is 0.289 e. The highest BCUT2D eigenvalue weighted by Gasteiger charge is 2.23. The van der Waals surface area contributed by atoms with Crippen molar-refractivity contribution in [3.63, 3.8) is 0 Å². The molecule has 14 heteroatoms. The summed E-state index contributed by atoms with van der Waals surface area (Å²) in [4.78, 5) is 19.5. The molecule has 0 saturated carbocycles. The van der Waals surface area contributed by atoms with E-state index in [0.29, 0.717) is 16.6 Å². The van der Waals surface area contributed by atoms with Gasteiger partial charge in [0.15, 0.2) is 11.6 Å². The number of nitro groups is 1. The summed E-state index contributed by atoms with van der Waals surface area (Å²) in [5.74, 6) is -0.0565. The average molecular weight is 514 g/mol. The van der Waals surface area contributed by atoms with Gasteiger partial charge in [0.1, 0.15) is 21.0 Å². The molecule has 2 N–H and O–H groups in total. The van der Waals surface area contributed by atoms with E-state index < -0.39 is 14.9 Å². The van der Waals surface area contributed by atoms with Crippen LogP contribution < -0.4 is 10.0 Å². The molecule has 0 radical (unpaired) electrons. The van der Waals surface area contributed by atoms with Gasteiger partial charge in [-0.2, -0.15) is 8.75 Å². The van der Waals surface area contributed by atoms with Crippen LogP contribution in [0.5, 0.6) is 0 Å². The quantitative estimate of drug-likeness (QED) is 0.242. The Morgan fingerprint density at radius 1 is 0.912 bits per heavy atom. The highest BCUT2D eigenvalue weighted by molar-refractivity contribution is 7.93. The number of nitro benzene ring substituents is 1. The fourth-order valence-corrected chi connectivity index (χ4v) is 5.17. The van der Waals surface area contributed by atoms with Gasteiger partial charge in [0, 0.05) is 11.8 Å². The Morgan fingerprint density at radius 2 is 1.62 bits per heavy atom. The van der Waals surface area contributed by atoms with Crippen LogP contribution in [0.1, 0.15) is 0 Å². The predicted octanol–water partition coefficient (Wildman–Crippen LogP) is 4.74. The standard InChI is InChI=1S/C20H12ClN7O4S2/c21-12-9-8-11(10-16(12)28(29)30)22-19-20(24-14-5-2-1-4-13(14)23-19)27-34(31,32)17-7-3-6-15-18(17)26-33-25-15/h1-10H,(H,22,23)(H,24,27). The molecule has 0 aliphatic rings. The van der Waals surface area contributed by atoms with Crippen molar-refractivity contribution >= 4 is 78.4 Å². The van der Waals surface area contributed by atoms with E-state index >= 15 is 0 Å². The van der Waals surface area contributed by atoms with Crippen LogP contribution >= 0.6 is 23.3 Å². The number of hydrogen-bond acceptors (Lipinski definition) is 10. The smallest absolute Gasteiger partial charge is 0.289 e. The number of halogens is 1. The predicted molar refractivity (Wildman–Crippen MR) is 129 cm³/mol.